The van der Waals surface area contributed by atoms with Crippen LogP contribution in [0.2, 0.25) is 0 Å². The third kappa shape index (κ3) is 5.47. The molecule has 0 spiro atoms. The highest BCUT2D eigenvalue weighted by Gasteiger charge is 2.21. The number of amides is 1. The van der Waals surface area contributed by atoms with Crippen LogP contribution in [0.15, 0.2) is 4.34 Å². The zero-order valence-corrected chi connectivity index (χ0v) is 14.4. The Kier molecular flexibility index (Phi) is 6.76. The van der Waals surface area contributed by atoms with E-state index in [1.807, 2.05) is 4.90 Å². The predicted molar refractivity (Wildman–Crippen MR) is 89.0 cm³/mol. The van der Waals surface area contributed by atoms with Crippen molar-refractivity contribution in [3.8, 4) is 0 Å². The van der Waals surface area contributed by atoms with Gasteiger partial charge in [0.2, 0.25) is 11.0 Å². The number of likely N-dealkylation sites (tertiary alicyclic amines) is 1. The Balaban J connectivity index is 1.73. The van der Waals surface area contributed by atoms with Crippen molar-refractivity contribution in [2.75, 3.05) is 30.7 Å². The average molecular weight is 329 g/mol. The van der Waals surface area contributed by atoms with Crippen molar-refractivity contribution in [2.24, 2.45) is 5.92 Å². The molecule has 0 aliphatic carbocycles. The Morgan fingerprint density at radius 3 is 3.14 bits per heavy atom. The number of hydrogen-bond donors (Lipinski definition) is 1. The number of piperidine rings is 1. The van der Waals surface area contributed by atoms with E-state index in [2.05, 4.69) is 29.4 Å². The number of unbranched alkanes of at least 4 members (excludes halogenated alkanes) is 1. The molecule has 1 unspecified atom stereocenters. The minimum atomic E-state index is 0.224. The summed E-state index contributed by atoms with van der Waals surface area (Å²) in [5.41, 5.74) is 0. The molecule has 0 radical (unpaired) electrons. The average Bonchev–Trinajstić information content (AvgIpc) is 2.93. The van der Waals surface area contributed by atoms with Crippen LogP contribution in [0, 0.1) is 5.92 Å². The lowest BCUT2D eigenvalue weighted by atomic mass is 10.0. The van der Waals surface area contributed by atoms with E-state index in [0.29, 0.717) is 11.7 Å². The third-order valence-electron chi connectivity index (χ3n) is 3.54. The summed E-state index contributed by atoms with van der Waals surface area (Å²) in [6.07, 6.45) is 4.66. The van der Waals surface area contributed by atoms with Crippen molar-refractivity contribution >= 4 is 34.1 Å². The van der Waals surface area contributed by atoms with Gasteiger partial charge >= 0.3 is 0 Å². The van der Waals surface area contributed by atoms with Gasteiger partial charge in [-0.3, -0.25) is 4.79 Å². The van der Waals surface area contributed by atoms with E-state index in [-0.39, 0.29) is 5.91 Å². The number of carbonyl (C=O) groups excluding carboxylic acids is 1. The van der Waals surface area contributed by atoms with Crippen LogP contribution in [0.1, 0.15) is 39.5 Å². The number of nitrogens with one attached hydrogen (secondary N) is 1. The normalized spacial score (nSPS) is 18.8. The quantitative estimate of drug-likeness (QED) is 0.616. The first-order valence-corrected chi connectivity index (χ1v) is 9.47. The number of aromatic nitrogens is 2. The van der Waals surface area contributed by atoms with Gasteiger partial charge in [0.15, 0.2) is 4.34 Å². The lowest BCUT2D eigenvalue weighted by Gasteiger charge is -2.30. The molecular formula is C14H24N4OS2. The fourth-order valence-electron chi connectivity index (χ4n) is 2.34. The highest BCUT2D eigenvalue weighted by Crippen LogP contribution is 2.26. The van der Waals surface area contributed by atoms with E-state index in [9.17, 15) is 4.79 Å². The molecule has 1 fully saturated rings. The second-order valence-electron chi connectivity index (χ2n) is 5.53. The number of nitrogens with zero attached hydrogens (tertiary/aromatic N) is 3. The Morgan fingerprint density at radius 2 is 2.38 bits per heavy atom. The Morgan fingerprint density at radius 1 is 1.52 bits per heavy atom. The summed E-state index contributed by atoms with van der Waals surface area (Å²) in [4.78, 5) is 14.2. The maximum atomic E-state index is 12.2. The minimum Gasteiger partial charge on any atom is -0.360 e. The highest BCUT2D eigenvalue weighted by atomic mass is 32.2. The molecule has 2 heterocycles. The smallest absolute Gasteiger partial charge is 0.233 e. The van der Waals surface area contributed by atoms with Gasteiger partial charge in [-0.1, -0.05) is 43.4 Å². The van der Waals surface area contributed by atoms with Gasteiger partial charge in [-0.2, -0.15) is 0 Å². The minimum absolute atomic E-state index is 0.224. The van der Waals surface area contributed by atoms with Crippen molar-refractivity contribution in [1.29, 1.82) is 0 Å². The molecule has 0 aromatic carbocycles. The van der Waals surface area contributed by atoms with Crippen molar-refractivity contribution in [3.05, 3.63) is 0 Å². The van der Waals surface area contributed by atoms with Crippen molar-refractivity contribution < 1.29 is 4.79 Å². The molecule has 118 valence electrons. The molecule has 0 saturated carbocycles. The first-order chi connectivity index (χ1) is 10.2. The summed E-state index contributed by atoms with van der Waals surface area (Å²) < 4.78 is 0.868. The molecule has 1 N–H and O–H groups in total. The zero-order valence-electron chi connectivity index (χ0n) is 12.8. The third-order valence-corrected chi connectivity index (χ3v) is 5.54. The van der Waals surface area contributed by atoms with Crippen LogP contribution < -0.4 is 5.32 Å². The van der Waals surface area contributed by atoms with Crippen LogP contribution in [0.4, 0.5) is 5.13 Å². The summed E-state index contributed by atoms with van der Waals surface area (Å²) in [6, 6.07) is 0. The Bertz CT molecular complexity index is 452. The predicted octanol–water partition coefficient (Wildman–Crippen LogP) is 3.10. The molecule has 0 bridgehead atoms. The number of rotatable bonds is 7. The molecule has 1 aromatic heterocycles. The SMILES string of the molecule is CCCCNc1nnc(SCC(=O)N2CCCC(C)C2)s1. The van der Waals surface area contributed by atoms with Gasteiger partial charge in [-0.15, -0.1) is 10.2 Å². The van der Waals surface area contributed by atoms with Gasteiger partial charge < -0.3 is 10.2 Å². The summed E-state index contributed by atoms with van der Waals surface area (Å²) in [7, 11) is 0. The molecule has 1 atom stereocenters. The van der Waals surface area contributed by atoms with Gasteiger partial charge in [0.25, 0.3) is 0 Å². The van der Waals surface area contributed by atoms with Crippen molar-refractivity contribution in [2.45, 2.75) is 43.9 Å². The van der Waals surface area contributed by atoms with Crippen molar-refractivity contribution in [3.63, 3.8) is 0 Å². The fraction of sp³-hybridized carbons (Fsp3) is 0.786. The molecule has 1 aromatic rings. The Labute approximate surface area is 134 Å². The molecule has 1 saturated heterocycles. The summed E-state index contributed by atoms with van der Waals surface area (Å²) in [6.45, 7) is 7.12. The van der Waals surface area contributed by atoms with Crippen LogP contribution in [-0.2, 0) is 4.79 Å². The lowest BCUT2D eigenvalue weighted by molar-refractivity contribution is -0.130. The van der Waals surface area contributed by atoms with E-state index in [0.717, 1.165) is 48.4 Å². The van der Waals surface area contributed by atoms with Crippen LogP contribution >= 0.6 is 23.1 Å². The first-order valence-electron chi connectivity index (χ1n) is 7.67. The molecule has 1 aliphatic rings. The van der Waals surface area contributed by atoms with Gasteiger partial charge in [0.05, 0.1) is 5.75 Å². The van der Waals surface area contributed by atoms with Crippen molar-refractivity contribution in [1.82, 2.24) is 15.1 Å². The van der Waals surface area contributed by atoms with Crippen LogP contribution in [0.3, 0.4) is 0 Å². The van der Waals surface area contributed by atoms with E-state index in [1.54, 1.807) is 0 Å². The maximum Gasteiger partial charge on any atom is 0.233 e. The topological polar surface area (TPSA) is 58.1 Å². The number of thioether (sulfide) groups is 1. The molecule has 21 heavy (non-hydrogen) atoms. The second kappa shape index (κ2) is 8.58. The highest BCUT2D eigenvalue weighted by molar-refractivity contribution is 8.01. The van der Waals surface area contributed by atoms with Crippen LogP contribution in [0.5, 0.6) is 0 Å². The standard InChI is InChI=1S/C14H24N4OS2/c1-3-4-7-15-13-16-17-14(21-13)20-10-12(19)18-8-5-6-11(2)9-18/h11H,3-10H2,1-2H3,(H,15,16). The molecule has 1 amide bonds. The molecule has 7 heteroatoms. The van der Waals surface area contributed by atoms with E-state index >= 15 is 0 Å². The summed E-state index contributed by atoms with van der Waals surface area (Å²) in [5.74, 6) is 1.32. The fourth-order valence-corrected chi connectivity index (χ4v) is 4.02. The first kappa shape index (κ1) is 16.5. The van der Waals surface area contributed by atoms with Gasteiger partial charge in [-0.05, 0) is 25.2 Å². The number of hydrogen-bond acceptors (Lipinski definition) is 6. The molecule has 5 nitrogen and oxygen atoms in total. The largest absolute Gasteiger partial charge is 0.360 e. The van der Waals surface area contributed by atoms with E-state index < -0.39 is 0 Å². The van der Waals surface area contributed by atoms with Crippen LogP contribution in [-0.4, -0.2) is 46.4 Å². The zero-order chi connectivity index (χ0) is 15.1. The summed E-state index contributed by atoms with van der Waals surface area (Å²) in [5, 5.41) is 12.3. The molecule has 1 aliphatic heterocycles. The van der Waals surface area contributed by atoms with Gasteiger partial charge in [-0.25, -0.2) is 0 Å². The van der Waals surface area contributed by atoms with Gasteiger partial charge in [0, 0.05) is 19.6 Å². The Hall–Kier alpha value is -0.820. The maximum absolute atomic E-state index is 12.2. The number of carbonyl (C=O) groups is 1. The monoisotopic (exact) mass is 328 g/mol. The second-order valence-corrected chi connectivity index (χ2v) is 7.73. The number of anilines is 1. The van der Waals surface area contributed by atoms with Crippen LogP contribution in [0.25, 0.3) is 0 Å². The van der Waals surface area contributed by atoms with E-state index in [1.165, 1.54) is 29.5 Å². The molecule has 2 rings (SSSR count). The molecular weight excluding hydrogens is 304 g/mol. The van der Waals surface area contributed by atoms with E-state index in [4.69, 9.17) is 0 Å². The lowest BCUT2D eigenvalue weighted by Crippen LogP contribution is -2.40. The van der Waals surface area contributed by atoms with Gasteiger partial charge in [0.1, 0.15) is 0 Å². The summed E-state index contributed by atoms with van der Waals surface area (Å²) >= 11 is 3.03.